The summed E-state index contributed by atoms with van der Waals surface area (Å²) >= 11 is 0. The molecule has 42 heavy (non-hydrogen) atoms. The van der Waals surface area contributed by atoms with Crippen molar-refractivity contribution >= 4 is 29.0 Å². The molecule has 0 saturated carbocycles. The molecule has 2 N–H and O–H groups in total. The van der Waals surface area contributed by atoms with Crippen LogP contribution in [0.3, 0.4) is 0 Å². The van der Waals surface area contributed by atoms with Gasteiger partial charge in [-0.15, -0.1) is 0 Å². The van der Waals surface area contributed by atoms with E-state index in [9.17, 15) is 4.79 Å². The highest BCUT2D eigenvalue weighted by Crippen LogP contribution is 2.33. The third-order valence-electron chi connectivity index (χ3n) is 7.76. The van der Waals surface area contributed by atoms with Crippen molar-refractivity contribution in [2.24, 2.45) is 0 Å². The number of ether oxygens (including phenoxy) is 1. The second-order valence-electron chi connectivity index (χ2n) is 10.6. The lowest BCUT2D eigenvalue weighted by Gasteiger charge is -2.29. The zero-order valence-electron chi connectivity index (χ0n) is 22.9. The minimum Gasteiger partial charge on any atom is -0.374 e. The molecule has 3 aromatic carbocycles. The molecule has 3 saturated heterocycles. The van der Waals surface area contributed by atoms with Gasteiger partial charge in [-0.05, 0) is 54.4 Å². The van der Waals surface area contributed by atoms with Gasteiger partial charge in [-0.1, -0.05) is 48.2 Å². The number of morpholine rings is 1. The number of urea groups is 1. The quantitative estimate of drug-likeness (QED) is 0.312. The van der Waals surface area contributed by atoms with Crippen molar-refractivity contribution in [3.05, 3.63) is 108 Å². The molecule has 4 aromatic rings. The second kappa shape index (κ2) is 11.5. The molecule has 2 amide bonds. The molecule has 3 fully saturated rings. The molecule has 0 aliphatic carbocycles. The van der Waals surface area contributed by atoms with Crippen LogP contribution >= 0.6 is 0 Å². The zero-order chi connectivity index (χ0) is 28.3. The maximum atomic E-state index is 13.0. The third kappa shape index (κ3) is 5.63. The van der Waals surface area contributed by atoms with Gasteiger partial charge < -0.3 is 20.3 Å². The molecule has 9 nitrogen and oxygen atoms in total. The first kappa shape index (κ1) is 26.0. The van der Waals surface area contributed by atoms with Crippen LogP contribution in [0.25, 0.3) is 0 Å². The number of hydrogen-bond acceptors (Lipinski definition) is 7. The first-order chi connectivity index (χ1) is 20.7. The SMILES string of the molecule is O=C(Nc1cccc(C#Cc2cnc(Nc3ccc(N4C[C@H]5C[C@@H]4CO5)cc3)nc2)c1)N1OCC[C@H]1c1ccccc1. The van der Waals surface area contributed by atoms with Crippen molar-refractivity contribution in [3.8, 4) is 11.8 Å². The Morgan fingerprint density at radius 3 is 2.48 bits per heavy atom. The van der Waals surface area contributed by atoms with Gasteiger partial charge in [0.15, 0.2) is 0 Å². The standard InChI is InChI=1S/C33H30N6O3/c40-33(39-31(15-16-42-39)25-6-2-1-3-7-25)37-27-8-4-5-23(17-27)9-10-24-19-34-32(35-20-24)36-26-11-13-28(14-12-26)38-21-30-18-29(38)22-41-30/h1-8,11-14,17,19-20,29-31H,15-16,18,21-22H2,(H,37,40)(H,34,35,36)/t29-,30-,31+/m1/s1. The lowest BCUT2D eigenvalue weighted by molar-refractivity contribution is -0.0829. The van der Waals surface area contributed by atoms with E-state index in [2.05, 4.69) is 49.5 Å². The van der Waals surface area contributed by atoms with Crippen LogP contribution in [0.2, 0.25) is 0 Å². The molecule has 4 heterocycles. The lowest BCUT2D eigenvalue weighted by Crippen LogP contribution is -2.36. The van der Waals surface area contributed by atoms with E-state index in [1.165, 1.54) is 10.8 Å². The Labute approximate surface area is 244 Å². The second-order valence-corrected chi connectivity index (χ2v) is 10.6. The number of hydroxylamine groups is 2. The van der Waals surface area contributed by atoms with Gasteiger partial charge in [0.2, 0.25) is 5.95 Å². The Morgan fingerprint density at radius 1 is 0.905 bits per heavy atom. The monoisotopic (exact) mass is 558 g/mol. The number of benzene rings is 3. The van der Waals surface area contributed by atoms with E-state index in [0.717, 1.165) is 42.8 Å². The van der Waals surface area contributed by atoms with Gasteiger partial charge in [0, 0.05) is 48.0 Å². The van der Waals surface area contributed by atoms with Crippen molar-refractivity contribution in [1.29, 1.82) is 0 Å². The molecule has 9 heteroatoms. The van der Waals surface area contributed by atoms with Crippen molar-refractivity contribution in [1.82, 2.24) is 15.0 Å². The maximum absolute atomic E-state index is 13.0. The highest BCUT2D eigenvalue weighted by molar-refractivity contribution is 5.89. The highest BCUT2D eigenvalue weighted by Gasteiger charge is 2.39. The van der Waals surface area contributed by atoms with Crippen molar-refractivity contribution in [3.63, 3.8) is 0 Å². The van der Waals surface area contributed by atoms with Gasteiger partial charge in [-0.3, -0.25) is 4.84 Å². The van der Waals surface area contributed by atoms with Crippen LogP contribution in [0, 0.1) is 11.8 Å². The van der Waals surface area contributed by atoms with E-state index >= 15 is 0 Å². The lowest BCUT2D eigenvalue weighted by atomic mass is 10.1. The summed E-state index contributed by atoms with van der Waals surface area (Å²) in [6, 6.07) is 25.7. The molecule has 7 rings (SSSR count). The Bertz CT molecular complexity index is 1620. The molecule has 210 valence electrons. The summed E-state index contributed by atoms with van der Waals surface area (Å²) in [6.07, 6.45) is 5.63. The fourth-order valence-electron chi connectivity index (χ4n) is 5.68. The fraction of sp³-hybridized carbons (Fsp3) is 0.242. The topological polar surface area (TPSA) is 91.9 Å². The summed E-state index contributed by atoms with van der Waals surface area (Å²) in [7, 11) is 0. The molecular formula is C33H30N6O3. The summed E-state index contributed by atoms with van der Waals surface area (Å²) in [5.41, 5.74) is 5.27. The van der Waals surface area contributed by atoms with E-state index in [-0.39, 0.29) is 12.1 Å². The number of anilines is 4. The summed E-state index contributed by atoms with van der Waals surface area (Å²) in [5.74, 6) is 6.74. The zero-order valence-corrected chi connectivity index (χ0v) is 22.9. The minimum atomic E-state index is -0.310. The van der Waals surface area contributed by atoms with Crippen molar-refractivity contribution in [2.45, 2.75) is 31.0 Å². The Morgan fingerprint density at radius 2 is 1.71 bits per heavy atom. The number of rotatable bonds is 5. The van der Waals surface area contributed by atoms with Crippen LogP contribution in [0.4, 0.5) is 27.8 Å². The predicted molar refractivity (Wildman–Crippen MR) is 160 cm³/mol. The van der Waals surface area contributed by atoms with Gasteiger partial charge in [0.1, 0.15) is 0 Å². The summed E-state index contributed by atoms with van der Waals surface area (Å²) in [6.45, 7) is 2.28. The van der Waals surface area contributed by atoms with Gasteiger partial charge >= 0.3 is 6.03 Å². The average Bonchev–Trinajstić information content (AvgIpc) is 3.80. The molecule has 0 spiro atoms. The molecular weight excluding hydrogens is 528 g/mol. The molecule has 1 aromatic heterocycles. The van der Waals surface area contributed by atoms with Crippen molar-refractivity contribution < 1.29 is 14.4 Å². The summed E-state index contributed by atoms with van der Waals surface area (Å²) in [4.78, 5) is 29.9. The van der Waals surface area contributed by atoms with Crippen LogP contribution in [-0.2, 0) is 9.57 Å². The van der Waals surface area contributed by atoms with E-state index in [4.69, 9.17) is 9.57 Å². The first-order valence-electron chi connectivity index (χ1n) is 14.2. The third-order valence-corrected chi connectivity index (χ3v) is 7.76. The molecule has 3 aliphatic heterocycles. The minimum absolute atomic E-state index is 0.119. The molecule has 3 aliphatic rings. The summed E-state index contributed by atoms with van der Waals surface area (Å²) in [5, 5.41) is 7.60. The number of fused-ring (bicyclic) bond motifs is 2. The molecule has 0 unspecified atom stereocenters. The number of amides is 2. The Balaban J connectivity index is 0.958. The smallest absolute Gasteiger partial charge is 0.346 e. The van der Waals surface area contributed by atoms with Crippen LogP contribution in [-0.4, -0.2) is 53.0 Å². The van der Waals surface area contributed by atoms with E-state index in [1.54, 1.807) is 12.4 Å². The fourth-order valence-corrected chi connectivity index (χ4v) is 5.68. The van der Waals surface area contributed by atoms with E-state index < -0.39 is 0 Å². The molecule has 3 atom stereocenters. The number of carbonyl (C=O) groups excluding carboxylic acids is 1. The van der Waals surface area contributed by atoms with Crippen LogP contribution in [0.1, 0.15) is 35.6 Å². The van der Waals surface area contributed by atoms with Crippen molar-refractivity contribution in [2.75, 3.05) is 35.3 Å². The number of hydrogen-bond donors (Lipinski definition) is 2. The van der Waals surface area contributed by atoms with Gasteiger partial charge in [0.05, 0.1) is 37.0 Å². The highest BCUT2D eigenvalue weighted by atomic mass is 16.7. The van der Waals surface area contributed by atoms with Crippen LogP contribution in [0.5, 0.6) is 0 Å². The van der Waals surface area contributed by atoms with Gasteiger partial charge in [-0.2, -0.15) is 5.06 Å². The first-order valence-corrected chi connectivity index (χ1v) is 14.2. The molecule has 2 bridgehead atoms. The molecule has 0 radical (unpaired) electrons. The Kier molecular flexibility index (Phi) is 7.14. The average molecular weight is 559 g/mol. The summed E-state index contributed by atoms with van der Waals surface area (Å²) < 4.78 is 5.71. The normalized spacial score (nSPS) is 20.7. The van der Waals surface area contributed by atoms with Crippen LogP contribution < -0.4 is 15.5 Å². The number of nitrogens with one attached hydrogen (secondary N) is 2. The largest absolute Gasteiger partial charge is 0.374 e. The number of nitrogens with zero attached hydrogens (tertiary/aromatic N) is 4. The van der Waals surface area contributed by atoms with E-state index in [1.807, 2.05) is 66.7 Å². The van der Waals surface area contributed by atoms with E-state index in [0.29, 0.717) is 36.0 Å². The number of aromatic nitrogens is 2. The maximum Gasteiger partial charge on any atom is 0.346 e. The Hall–Kier alpha value is -4.91. The van der Waals surface area contributed by atoms with Crippen LogP contribution in [0.15, 0.2) is 91.3 Å². The number of carbonyl (C=O) groups is 1. The van der Waals surface area contributed by atoms with Gasteiger partial charge in [0.25, 0.3) is 0 Å². The predicted octanol–water partition coefficient (Wildman–Crippen LogP) is 5.51. The van der Waals surface area contributed by atoms with Gasteiger partial charge in [-0.25, -0.2) is 14.8 Å².